The van der Waals surface area contributed by atoms with E-state index in [4.69, 9.17) is 15.2 Å². The lowest BCUT2D eigenvalue weighted by Gasteiger charge is -2.39. The number of carbonyl (C=O) groups excluding carboxylic acids is 2. The van der Waals surface area contributed by atoms with Gasteiger partial charge in [0.25, 0.3) is 5.91 Å². The van der Waals surface area contributed by atoms with E-state index in [2.05, 4.69) is 19.2 Å². The van der Waals surface area contributed by atoms with E-state index < -0.39 is 6.04 Å². The summed E-state index contributed by atoms with van der Waals surface area (Å²) in [5.41, 5.74) is 6.41. The third kappa shape index (κ3) is 5.05. The Kier molecular flexibility index (Phi) is 8.37. The summed E-state index contributed by atoms with van der Waals surface area (Å²) in [6, 6.07) is 2.80. The molecule has 2 amide bonds. The smallest absolute Gasteiger partial charge is 0.256 e. The van der Waals surface area contributed by atoms with Crippen LogP contribution in [0, 0.1) is 0 Å². The van der Waals surface area contributed by atoms with Crippen molar-refractivity contribution in [2.24, 2.45) is 5.73 Å². The van der Waals surface area contributed by atoms with Gasteiger partial charge in [-0.1, -0.05) is 0 Å². The molecule has 2 unspecified atom stereocenters. The van der Waals surface area contributed by atoms with Crippen LogP contribution in [0.4, 0.5) is 5.69 Å². The van der Waals surface area contributed by atoms with Gasteiger partial charge in [-0.25, -0.2) is 0 Å². The van der Waals surface area contributed by atoms with Gasteiger partial charge in [0.15, 0.2) is 11.5 Å². The largest absolute Gasteiger partial charge is 0.493 e. The van der Waals surface area contributed by atoms with Crippen LogP contribution in [-0.4, -0.2) is 49.1 Å². The number of nitrogens with one attached hydrogen (secondary N) is 1. The number of anilines is 1. The van der Waals surface area contributed by atoms with Crippen molar-refractivity contribution in [1.82, 2.24) is 4.90 Å². The standard InChI is InChI=1S/C19H29N3O4.ClH/c1-11-7-6-8-12(2)22(11)19(24)14-9-16(25-4)17(26-5)10-15(14)21-18(23)13(3)20;/h9-13H,6-8,20H2,1-5H3,(H,21,23);1H/t11?,12?,13-;/m0./s1. The minimum Gasteiger partial charge on any atom is -0.493 e. The molecule has 1 aliphatic heterocycles. The number of ether oxygens (including phenoxy) is 2. The molecule has 0 aliphatic carbocycles. The van der Waals surface area contributed by atoms with Crippen LogP contribution < -0.4 is 20.5 Å². The fourth-order valence-corrected chi connectivity index (χ4v) is 3.37. The molecule has 0 radical (unpaired) electrons. The number of hydrogen-bond acceptors (Lipinski definition) is 5. The summed E-state index contributed by atoms with van der Waals surface area (Å²) in [5, 5.41) is 2.74. The average Bonchev–Trinajstić information content (AvgIpc) is 2.60. The summed E-state index contributed by atoms with van der Waals surface area (Å²) >= 11 is 0. The number of piperidine rings is 1. The molecule has 1 aromatic carbocycles. The van der Waals surface area contributed by atoms with Crippen molar-refractivity contribution in [2.45, 2.75) is 58.2 Å². The van der Waals surface area contributed by atoms with E-state index in [0.29, 0.717) is 22.7 Å². The Balaban J connectivity index is 0.00000364. The molecule has 1 saturated heterocycles. The lowest BCUT2D eigenvalue weighted by molar-refractivity contribution is -0.117. The Hall–Kier alpha value is -1.99. The molecule has 1 fully saturated rings. The first kappa shape index (κ1) is 23.0. The molecule has 152 valence electrons. The number of carbonyl (C=O) groups is 2. The van der Waals surface area contributed by atoms with Crippen molar-refractivity contribution in [2.75, 3.05) is 19.5 Å². The maximum atomic E-state index is 13.3. The Labute approximate surface area is 167 Å². The topological polar surface area (TPSA) is 93.9 Å². The molecule has 8 heteroatoms. The SMILES string of the molecule is COc1cc(NC(=O)[C@H](C)N)c(C(=O)N2C(C)CCCC2C)cc1OC.Cl. The lowest BCUT2D eigenvalue weighted by atomic mass is 9.96. The number of benzene rings is 1. The minimum atomic E-state index is -0.695. The average molecular weight is 400 g/mol. The first-order valence-electron chi connectivity index (χ1n) is 8.95. The fraction of sp³-hybridized carbons (Fsp3) is 0.579. The zero-order chi connectivity index (χ0) is 19.4. The van der Waals surface area contributed by atoms with Crippen molar-refractivity contribution in [3.8, 4) is 11.5 Å². The molecule has 1 heterocycles. The second-order valence-corrected chi connectivity index (χ2v) is 6.87. The van der Waals surface area contributed by atoms with E-state index in [-0.39, 0.29) is 36.3 Å². The number of hydrogen-bond donors (Lipinski definition) is 2. The van der Waals surface area contributed by atoms with Crippen LogP contribution in [0.2, 0.25) is 0 Å². The summed E-state index contributed by atoms with van der Waals surface area (Å²) in [5.74, 6) is 0.368. The third-order valence-electron chi connectivity index (χ3n) is 4.85. The summed E-state index contributed by atoms with van der Waals surface area (Å²) in [6.07, 6.45) is 3.03. The van der Waals surface area contributed by atoms with E-state index in [9.17, 15) is 9.59 Å². The summed E-state index contributed by atoms with van der Waals surface area (Å²) in [4.78, 5) is 27.3. The van der Waals surface area contributed by atoms with Crippen LogP contribution in [-0.2, 0) is 4.79 Å². The van der Waals surface area contributed by atoms with Crippen LogP contribution in [0.1, 0.15) is 50.4 Å². The fourth-order valence-electron chi connectivity index (χ4n) is 3.37. The van der Waals surface area contributed by atoms with Crippen LogP contribution >= 0.6 is 12.4 Å². The monoisotopic (exact) mass is 399 g/mol. The van der Waals surface area contributed by atoms with E-state index in [1.807, 2.05) is 4.90 Å². The lowest BCUT2D eigenvalue weighted by Crippen LogP contribution is -2.47. The van der Waals surface area contributed by atoms with Gasteiger partial charge >= 0.3 is 0 Å². The van der Waals surface area contributed by atoms with E-state index >= 15 is 0 Å². The number of methoxy groups -OCH3 is 2. The molecule has 0 aromatic heterocycles. The maximum Gasteiger partial charge on any atom is 0.256 e. The quantitative estimate of drug-likeness (QED) is 0.793. The van der Waals surface area contributed by atoms with Gasteiger partial charge in [-0.2, -0.15) is 0 Å². The van der Waals surface area contributed by atoms with Gasteiger partial charge in [-0.15, -0.1) is 12.4 Å². The molecule has 3 N–H and O–H groups in total. The number of likely N-dealkylation sites (tertiary alicyclic amines) is 1. The maximum absolute atomic E-state index is 13.3. The Morgan fingerprint density at radius 1 is 1.15 bits per heavy atom. The first-order chi connectivity index (χ1) is 12.3. The molecule has 1 aromatic rings. The number of halogens is 1. The first-order valence-corrected chi connectivity index (χ1v) is 8.95. The molecule has 2 rings (SSSR count). The van der Waals surface area contributed by atoms with Gasteiger partial charge in [-0.05, 0) is 46.1 Å². The van der Waals surface area contributed by atoms with Crippen molar-refractivity contribution in [3.63, 3.8) is 0 Å². The molecule has 0 spiro atoms. The molecular weight excluding hydrogens is 370 g/mol. The zero-order valence-corrected chi connectivity index (χ0v) is 17.4. The summed E-state index contributed by atoms with van der Waals surface area (Å²) < 4.78 is 10.7. The molecular formula is C19H30ClN3O4. The van der Waals surface area contributed by atoms with Crippen LogP contribution in [0.25, 0.3) is 0 Å². The van der Waals surface area contributed by atoms with Crippen LogP contribution in [0.5, 0.6) is 11.5 Å². The molecule has 27 heavy (non-hydrogen) atoms. The molecule has 0 bridgehead atoms. The highest BCUT2D eigenvalue weighted by atomic mass is 35.5. The Morgan fingerprint density at radius 2 is 1.67 bits per heavy atom. The number of amides is 2. The van der Waals surface area contributed by atoms with Crippen LogP contribution in [0.3, 0.4) is 0 Å². The van der Waals surface area contributed by atoms with E-state index in [1.54, 1.807) is 19.1 Å². The molecule has 7 nitrogen and oxygen atoms in total. The van der Waals surface area contributed by atoms with Gasteiger partial charge < -0.3 is 25.4 Å². The van der Waals surface area contributed by atoms with Crippen molar-refractivity contribution >= 4 is 29.9 Å². The van der Waals surface area contributed by atoms with Gasteiger partial charge in [-0.3, -0.25) is 9.59 Å². The second kappa shape index (κ2) is 9.80. The third-order valence-corrected chi connectivity index (χ3v) is 4.85. The Morgan fingerprint density at radius 3 is 2.15 bits per heavy atom. The van der Waals surface area contributed by atoms with Crippen molar-refractivity contribution in [1.29, 1.82) is 0 Å². The number of nitrogens with zero attached hydrogens (tertiary/aromatic N) is 1. The minimum absolute atomic E-state index is 0. The van der Waals surface area contributed by atoms with Gasteiger partial charge in [0.2, 0.25) is 5.91 Å². The molecule has 3 atom stereocenters. The van der Waals surface area contributed by atoms with Gasteiger partial charge in [0.05, 0.1) is 31.5 Å². The summed E-state index contributed by atoms with van der Waals surface area (Å²) in [7, 11) is 3.02. The predicted octanol–water partition coefficient (Wildman–Crippen LogP) is 2.81. The van der Waals surface area contributed by atoms with Gasteiger partial charge in [0.1, 0.15) is 0 Å². The molecule has 1 aliphatic rings. The zero-order valence-electron chi connectivity index (χ0n) is 16.6. The Bertz CT molecular complexity index is 671. The van der Waals surface area contributed by atoms with Crippen molar-refractivity contribution in [3.05, 3.63) is 17.7 Å². The highest BCUT2D eigenvalue weighted by Crippen LogP contribution is 2.35. The van der Waals surface area contributed by atoms with E-state index in [0.717, 1.165) is 19.3 Å². The number of rotatable bonds is 5. The summed E-state index contributed by atoms with van der Waals surface area (Å²) in [6.45, 7) is 5.69. The highest BCUT2D eigenvalue weighted by Gasteiger charge is 2.32. The van der Waals surface area contributed by atoms with Crippen LogP contribution in [0.15, 0.2) is 12.1 Å². The highest BCUT2D eigenvalue weighted by molar-refractivity contribution is 6.05. The second-order valence-electron chi connectivity index (χ2n) is 6.87. The van der Waals surface area contributed by atoms with E-state index in [1.165, 1.54) is 14.2 Å². The van der Waals surface area contributed by atoms with Gasteiger partial charge in [0, 0.05) is 18.2 Å². The normalized spacial score (nSPS) is 20.3. The van der Waals surface area contributed by atoms with Crippen molar-refractivity contribution < 1.29 is 19.1 Å². The number of nitrogens with two attached hydrogens (primary N) is 1. The predicted molar refractivity (Wildman–Crippen MR) is 108 cm³/mol. The molecule has 0 saturated carbocycles.